The number of carbonyl (C=O) groups is 1. The first kappa shape index (κ1) is 17.1. The number of benzene rings is 1. The van der Waals surface area contributed by atoms with Gasteiger partial charge in [-0.2, -0.15) is 0 Å². The molecule has 0 bridgehead atoms. The van der Waals surface area contributed by atoms with Gasteiger partial charge in [0, 0.05) is 12.3 Å². The lowest BCUT2D eigenvalue weighted by atomic mass is 10.0. The molecule has 0 heterocycles. The highest BCUT2D eigenvalue weighted by molar-refractivity contribution is 7.99. The van der Waals surface area contributed by atoms with E-state index < -0.39 is 6.10 Å². The summed E-state index contributed by atoms with van der Waals surface area (Å²) in [5.74, 6) is 1.03. The fourth-order valence-corrected chi connectivity index (χ4v) is 2.56. The van der Waals surface area contributed by atoms with Crippen molar-refractivity contribution < 1.29 is 9.90 Å². The maximum Gasteiger partial charge on any atom is 0.232 e. The molecule has 112 valence electrons. The average Bonchev–Trinajstić information content (AvgIpc) is 2.49. The van der Waals surface area contributed by atoms with Crippen molar-refractivity contribution in [2.75, 3.05) is 6.54 Å². The predicted molar refractivity (Wildman–Crippen MR) is 85.7 cm³/mol. The molecule has 3 atom stereocenters. The van der Waals surface area contributed by atoms with Crippen LogP contribution in [0, 0.1) is 5.92 Å². The van der Waals surface area contributed by atoms with Crippen LogP contribution in [-0.4, -0.2) is 28.9 Å². The van der Waals surface area contributed by atoms with E-state index in [1.165, 1.54) is 5.56 Å². The van der Waals surface area contributed by atoms with E-state index in [-0.39, 0.29) is 17.1 Å². The van der Waals surface area contributed by atoms with Gasteiger partial charge in [-0.25, -0.2) is 0 Å². The number of carbonyl (C=O) groups excluding carboxylic acids is 1. The number of hydrogen-bond donors (Lipinski definition) is 2. The molecule has 0 saturated heterocycles. The Kier molecular flexibility index (Phi) is 7.70. The van der Waals surface area contributed by atoms with Crippen molar-refractivity contribution in [2.24, 2.45) is 5.92 Å². The van der Waals surface area contributed by atoms with Gasteiger partial charge < -0.3 is 10.4 Å². The van der Waals surface area contributed by atoms with Gasteiger partial charge in [0.05, 0.1) is 11.4 Å². The highest BCUT2D eigenvalue weighted by Gasteiger charge is 2.17. The molecule has 20 heavy (non-hydrogen) atoms. The highest BCUT2D eigenvalue weighted by Crippen LogP contribution is 2.17. The molecular weight excluding hydrogens is 270 g/mol. The van der Waals surface area contributed by atoms with Crippen molar-refractivity contribution in [3.63, 3.8) is 0 Å². The Morgan fingerprint density at radius 1 is 1.30 bits per heavy atom. The molecule has 3 unspecified atom stereocenters. The number of hydrogen-bond acceptors (Lipinski definition) is 3. The quantitative estimate of drug-likeness (QED) is 0.775. The molecule has 1 rings (SSSR count). The maximum atomic E-state index is 11.9. The number of aliphatic hydroxyl groups is 1. The number of thioether (sulfide) groups is 1. The highest BCUT2D eigenvalue weighted by atomic mass is 32.2. The van der Waals surface area contributed by atoms with E-state index >= 15 is 0 Å². The first-order valence-electron chi connectivity index (χ1n) is 7.15. The monoisotopic (exact) mass is 295 g/mol. The average molecular weight is 295 g/mol. The maximum absolute atomic E-state index is 11.9. The number of amides is 1. The Labute approximate surface area is 126 Å². The van der Waals surface area contributed by atoms with Crippen LogP contribution in [0.25, 0.3) is 0 Å². The Bertz CT molecular complexity index is 397. The topological polar surface area (TPSA) is 49.3 Å². The van der Waals surface area contributed by atoms with E-state index in [1.807, 2.05) is 39.0 Å². The van der Waals surface area contributed by atoms with Crippen LogP contribution in [-0.2, 0) is 10.5 Å². The van der Waals surface area contributed by atoms with Crippen LogP contribution in [0.3, 0.4) is 0 Å². The van der Waals surface area contributed by atoms with E-state index in [1.54, 1.807) is 11.8 Å². The van der Waals surface area contributed by atoms with E-state index in [4.69, 9.17) is 0 Å². The standard InChI is InChI=1S/C16H25NO2S/c1-4-12(2)15(18)10-17-16(19)13(3)20-11-14-8-6-5-7-9-14/h5-9,12-13,15,18H,4,10-11H2,1-3H3,(H,17,19). The van der Waals surface area contributed by atoms with Crippen molar-refractivity contribution in [1.82, 2.24) is 5.32 Å². The van der Waals surface area contributed by atoms with E-state index in [9.17, 15) is 9.90 Å². The first-order chi connectivity index (χ1) is 9.54. The molecule has 1 aromatic carbocycles. The van der Waals surface area contributed by atoms with Gasteiger partial charge >= 0.3 is 0 Å². The van der Waals surface area contributed by atoms with Gasteiger partial charge in [0.2, 0.25) is 5.91 Å². The van der Waals surface area contributed by atoms with Gasteiger partial charge in [0.15, 0.2) is 0 Å². The second-order valence-electron chi connectivity index (χ2n) is 5.14. The summed E-state index contributed by atoms with van der Waals surface area (Å²) in [4.78, 5) is 11.9. The smallest absolute Gasteiger partial charge is 0.232 e. The van der Waals surface area contributed by atoms with Crippen molar-refractivity contribution in [1.29, 1.82) is 0 Å². The van der Waals surface area contributed by atoms with Gasteiger partial charge in [-0.1, -0.05) is 50.6 Å². The summed E-state index contributed by atoms with van der Waals surface area (Å²) in [6.07, 6.45) is 0.449. The van der Waals surface area contributed by atoms with Crippen LogP contribution >= 0.6 is 11.8 Å². The second kappa shape index (κ2) is 9.03. The third kappa shape index (κ3) is 5.97. The molecule has 0 aliphatic carbocycles. The largest absolute Gasteiger partial charge is 0.391 e. The van der Waals surface area contributed by atoms with Gasteiger partial charge in [0.1, 0.15) is 0 Å². The van der Waals surface area contributed by atoms with Crippen LogP contribution in [0.1, 0.15) is 32.8 Å². The lowest BCUT2D eigenvalue weighted by Gasteiger charge is -2.19. The number of nitrogens with one attached hydrogen (secondary N) is 1. The number of aliphatic hydroxyl groups excluding tert-OH is 1. The summed E-state index contributed by atoms with van der Waals surface area (Å²) in [6, 6.07) is 10.1. The van der Waals surface area contributed by atoms with Crippen LogP contribution in [0.15, 0.2) is 30.3 Å². The van der Waals surface area contributed by atoms with Gasteiger partial charge in [-0.05, 0) is 18.4 Å². The van der Waals surface area contributed by atoms with Crippen molar-refractivity contribution >= 4 is 17.7 Å². The minimum Gasteiger partial charge on any atom is -0.391 e. The third-order valence-corrected chi connectivity index (χ3v) is 4.71. The molecule has 0 spiro atoms. The summed E-state index contributed by atoms with van der Waals surface area (Å²) >= 11 is 1.61. The Morgan fingerprint density at radius 3 is 2.55 bits per heavy atom. The van der Waals surface area contributed by atoms with Crippen molar-refractivity contribution in [2.45, 2.75) is 44.3 Å². The molecule has 1 amide bonds. The van der Waals surface area contributed by atoms with Crippen LogP contribution in [0.2, 0.25) is 0 Å². The number of rotatable bonds is 8. The molecule has 0 aliphatic rings. The molecule has 4 heteroatoms. The zero-order chi connectivity index (χ0) is 15.0. The van der Waals surface area contributed by atoms with E-state index in [2.05, 4.69) is 17.4 Å². The van der Waals surface area contributed by atoms with E-state index in [0.29, 0.717) is 6.54 Å². The summed E-state index contributed by atoms with van der Waals surface area (Å²) in [5.41, 5.74) is 1.22. The van der Waals surface area contributed by atoms with Gasteiger partial charge in [-0.15, -0.1) is 11.8 Å². The normalized spacial score (nSPS) is 15.4. The second-order valence-corrected chi connectivity index (χ2v) is 6.47. The molecular formula is C16H25NO2S. The van der Waals surface area contributed by atoms with Crippen LogP contribution in [0.5, 0.6) is 0 Å². The van der Waals surface area contributed by atoms with E-state index in [0.717, 1.165) is 12.2 Å². The molecule has 0 fully saturated rings. The Balaban J connectivity index is 2.29. The molecule has 2 N–H and O–H groups in total. The molecule has 3 nitrogen and oxygen atoms in total. The SMILES string of the molecule is CCC(C)C(O)CNC(=O)C(C)SCc1ccccc1. The predicted octanol–water partition coefficient (Wildman–Crippen LogP) is 2.83. The lowest BCUT2D eigenvalue weighted by Crippen LogP contribution is -2.38. The zero-order valence-electron chi connectivity index (χ0n) is 12.5. The third-order valence-electron chi connectivity index (χ3n) is 3.50. The summed E-state index contributed by atoms with van der Waals surface area (Å²) in [7, 11) is 0. The fraction of sp³-hybridized carbons (Fsp3) is 0.562. The van der Waals surface area contributed by atoms with Crippen LogP contribution in [0.4, 0.5) is 0 Å². The minimum atomic E-state index is -0.463. The lowest BCUT2D eigenvalue weighted by molar-refractivity contribution is -0.120. The summed E-state index contributed by atoms with van der Waals surface area (Å²) in [5, 5.41) is 12.5. The fourth-order valence-electron chi connectivity index (χ4n) is 1.69. The van der Waals surface area contributed by atoms with Gasteiger partial charge in [-0.3, -0.25) is 4.79 Å². The van der Waals surface area contributed by atoms with Crippen molar-refractivity contribution in [3.8, 4) is 0 Å². The Hall–Kier alpha value is -1.00. The van der Waals surface area contributed by atoms with Crippen molar-refractivity contribution in [3.05, 3.63) is 35.9 Å². The minimum absolute atomic E-state index is 0.00622. The Morgan fingerprint density at radius 2 is 1.95 bits per heavy atom. The first-order valence-corrected chi connectivity index (χ1v) is 8.20. The molecule has 1 aromatic rings. The molecule has 0 aliphatic heterocycles. The molecule has 0 radical (unpaired) electrons. The molecule has 0 aromatic heterocycles. The molecule has 0 saturated carbocycles. The summed E-state index contributed by atoms with van der Waals surface area (Å²) in [6.45, 7) is 6.26. The van der Waals surface area contributed by atoms with Crippen LogP contribution < -0.4 is 5.32 Å². The zero-order valence-corrected chi connectivity index (χ0v) is 13.3. The summed E-state index contributed by atoms with van der Waals surface area (Å²) < 4.78 is 0. The van der Waals surface area contributed by atoms with Gasteiger partial charge in [0.25, 0.3) is 0 Å².